The Morgan fingerprint density at radius 2 is 2.33 bits per heavy atom. The van der Waals surface area contributed by atoms with Gasteiger partial charge in [0.1, 0.15) is 0 Å². The van der Waals surface area contributed by atoms with Gasteiger partial charge < -0.3 is 5.32 Å². The van der Waals surface area contributed by atoms with Crippen LogP contribution < -0.4 is 5.32 Å². The average Bonchev–Trinajstić information content (AvgIpc) is 1.61. The summed E-state index contributed by atoms with van der Waals surface area (Å²) in [4.78, 5) is 0. The molecule has 0 saturated carbocycles. The number of hydrogen-bond acceptors (Lipinski definition) is 1. The molecule has 1 nitrogen and oxygen atoms in total. The van der Waals surface area contributed by atoms with Gasteiger partial charge >= 0.3 is 0 Å². The first-order chi connectivity index (χ1) is 2.91. The minimum atomic E-state index is 1.09. The lowest BCUT2D eigenvalue weighted by atomic mass is 10.7. The van der Waals surface area contributed by atoms with Crippen LogP contribution in [0.2, 0.25) is 0 Å². The molecule has 0 aromatic carbocycles. The van der Waals surface area contributed by atoms with Gasteiger partial charge in [0.15, 0.2) is 0 Å². The molecular formula is C4H12NP. The minimum absolute atomic E-state index is 1.09. The molecule has 0 aliphatic heterocycles. The maximum Gasteiger partial charge on any atom is -0.00144 e. The minimum Gasteiger partial charge on any atom is -0.317 e. The molecule has 0 radical (unpaired) electrons. The molecule has 0 aromatic heterocycles. The first-order valence-electron chi connectivity index (χ1n) is 2.32. The molecule has 0 aliphatic carbocycles. The first kappa shape index (κ1) is 6.39. The van der Waals surface area contributed by atoms with Gasteiger partial charge in [-0.3, -0.25) is 0 Å². The lowest BCUT2D eigenvalue weighted by Crippen LogP contribution is -2.14. The van der Waals surface area contributed by atoms with E-state index in [0.29, 0.717) is 0 Å². The van der Waals surface area contributed by atoms with Crippen molar-refractivity contribution in [1.29, 1.82) is 0 Å². The zero-order valence-corrected chi connectivity index (χ0v) is 5.35. The van der Waals surface area contributed by atoms with Crippen LogP contribution in [-0.4, -0.2) is 19.3 Å². The lowest BCUT2D eigenvalue weighted by molar-refractivity contribution is 0.768. The summed E-state index contributed by atoms with van der Waals surface area (Å²) in [5.74, 6) is 0. The Balaban J connectivity index is 2.34. The summed E-state index contributed by atoms with van der Waals surface area (Å²) in [5, 5.41) is 3.18. The van der Waals surface area contributed by atoms with Gasteiger partial charge in [-0.1, -0.05) is 6.92 Å². The first-order valence-corrected chi connectivity index (χ1v) is 3.14. The van der Waals surface area contributed by atoms with E-state index < -0.39 is 0 Å². The molecule has 2 heteroatoms. The van der Waals surface area contributed by atoms with E-state index in [4.69, 9.17) is 0 Å². The van der Waals surface area contributed by atoms with Crippen molar-refractivity contribution in [3.63, 3.8) is 0 Å². The summed E-state index contributed by atoms with van der Waals surface area (Å²) in [6.07, 6.45) is 1.16. The summed E-state index contributed by atoms with van der Waals surface area (Å²) in [6, 6.07) is 0. The van der Waals surface area contributed by atoms with Gasteiger partial charge in [0, 0.05) is 0 Å². The van der Waals surface area contributed by atoms with E-state index in [1.54, 1.807) is 0 Å². The predicted octanol–water partition coefficient (Wildman–Crippen LogP) is 0.471. The summed E-state index contributed by atoms with van der Waals surface area (Å²) < 4.78 is 0. The van der Waals surface area contributed by atoms with E-state index in [2.05, 4.69) is 21.5 Å². The summed E-state index contributed by atoms with van der Waals surface area (Å²) in [7, 11) is 2.67. The second-order valence-electron chi connectivity index (χ2n) is 1.14. The van der Waals surface area contributed by atoms with Crippen LogP contribution in [0.15, 0.2) is 0 Å². The molecule has 6 heavy (non-hydrogen) atoms. The Morgan fingerprint density at radius 3 is 2.50 bits per heavy atom. The average molecular weight is 105 g/mol. The summed E-state index contributed by atoms with van der Waals surface area (Å²) in [5.41, 5.74) is 0. The van der Waals surface area contributed by atoms with Crippen LogP contribution in [0.1, 0.15) is 6.92 Å². The van der Waals surface area contributed by atoms with Crippen LogP contribution in [-0.2, 0) is 0 Å². The molecule has 1 unspecified atom stereocenters. The van der Waals surface area contributed by atoms with Gasteiger partial charge in [0.2, 0.25) is 0 Å². The molecular weight excluding hydrogens is 93.0 g/mol. The van der Waals surface area contributed by atoms with Gasteiger partial charge in [-0.15, -0.1) is 9.24 Å². The van der Waals surface area contributed by atoms with E-state index in [1.165, 1.54) is 0 Å². The second kappa shape index (κ2) is 5.39. The molecule has 0 aliphatic rings. The van der Waals surface area contributed by atoms with Crippen molar-refractivity contribution in [3.05, 3.63) is 0 Å². The van der Waals surface area contributed by atoms with Crippen LogP contribution in [0, 0.1) is 0 Å². The third-order valence-electron chi connectivity index (χ3n) is 0.571. The Hall–Kier alpha value is 0.390. The Morgan fingerprint density at radius 1 is 1.67 bits per heavy atom. The van der Waals surface area contributed by atoms with Gasteiger partial charge in [0.25, 0.3) is 0 Å². The fourth-order valence-electron chi connectivity index (χ4n) is 0.279. The van der Waals surface area contributed by atoms with E-state index in [-0.39, 0.29) is 0 Å². The number of hydrogen-bond donors (Lipinski definition) is 1. The molecule has 0 spiro atoms. The van der Waals surface area contributed by atoms with Crippen molar-refractivity contribution in [2.24, 2.45) is 0 Å². The maximum absolute atomic E-state index is 3.18. The maximum atomic E-state index is 3.18. The lowest BCUT2D eigenvalue weighted by Gasteiger charge is -1.91. The Bertz CT molecular complexity index is 19.5. The van der Waals surface area contributed by atoms with Gasteiger partial charge in [-0.05, 0) is 19.3 Å². The fourth-order valence-corrected chi connectivity index (χ4v) is 0.483. The second-order valence-corrected chi connectivity index (χ2v) is 1.72. The Labute approximate surface area is 41.7 Å². The van der Waals surface area contributed by atoms with E-state index in [0.717, 1.165) is 19.3 Å². The van der Waals surface area contributed by atoms with Gasteiger partial charge in [-0.2, -0.15) is 0 Å². The standard InChI is InChI=1S/C4H12NP/c1-2-5-3-4-6/h5H,2-4,6H2,1H3. The van der Waals surface area contributed by atoms with Crippen LogP contribution >= 0.6 is 9.24 Å². The van der Waals surface area contributed by atoms with Gasteiger partial charge in [-0.25, -0.2) is 0 Å². The van der Waals surface area contributed by atoms with Crippen molar-refractivity contribution < 1.29 is 0 Å². The predicted molar refractivity (Wildman–Crippen MR) is 33.1 cm³/mol. The van der Waals surface area contributed by atoms with Crippen molar-refractivity contribution in [1.82, 2.24) is 5.32 Å². The van der Waals surface area contributed by atoms with Crippen molar-refractivity contribution in [2.45, 2.75) is 6.92 Å². The zero-order chi connectivity index (χ0) is 4.83. The molecule has 0 amide bonds. The van der Waals surface area contributed by atoms with Crippen LogP contribution in [0.5, 0.6) is 0 Å². The molecule has 0 fully saturated rings. The largest absolute Gasteiger partial charge is 0.317 e. The molecule has 0 heterocycles. The normalized spacial score (nSPS) is 9.00. The molecule has 0 aromatic rings. The molecule has 38 valence electrons. The molecule has 0 bridgehead atoms. The van der Waals surface area contributed by atoms with E-state index >= 15 is 0 Å². The van der Waals surface area contributed by atoms with Crippen LogP contribution in [0.3, 0.4) is 0 Å². The molecule has 1 N–H and O–H groups in total. The highest BCUT2D eigenvalue weighted by Crippen LogP contribution is 1.72. The van der Waals surface area contributed by atoms with Crippen molar-refractivity contribution in [2.75, 3.05) is 19.3 Å². The highest BCUT2D eigenvalue weighted by molar-refractivity contribution is 7.16. The highest BCUT2D eigenvalue weighted by Gasteiger charge is 1.71. The Kier molecular flexibility index (Phi) is 5.74. The topological polar surface area (TPSA) is 12.0 Å². The summed E-state index contributed by atoms with van der Waals surface area (Å²) >= 11 is 0. The number of rotatable bonds is 3. The quantitative estimate of drug-likeness (QED) is 0.406. The smallest absolute Gasteiger partial charge is 0.00144 e. The van der Waals surface area contributed by atoms with Crippen LogP contribution in [0.4, 0.5) is 0 Å². The molecule has 0 rings (SSSR count). The molecule has 1 atom stereocenters. The third kappa shape index (κ3) is 4.39. The zero-order valence-electron chi connectivity index (χ0n) is 4.20. The highest BCUT2D eigenvalue weighted by atomic mass is 31.0. The monoisotopic (exact) mass is 105 g/mol. The third-order valence-corrected chi connectivity index (χ3v) is 0.860. The van der Waals surface area contributed by atoms with Crippen LogP contribution in [0.25, 0.3) is 0 Å². The van der Waals surface area contributed by atoms with E-state index in [1.807, 2.05) is 0 Å². The summed E-state index contributed by atoms with van der Waals surface area (Å²) in [6.45, 7) is 4.33. The van der Waals surface area contributed by atoms with Crippen molar-refractivity contribution in [3.8, 4) is 0 Å². The SMILES string of the molecule is CCNCCP. The fraction of sp³-hybridized carbons (Fsp3) is 1.00. The van der Waals surface area contributed by atoms with Gasteiger partial charge in [0.05, 0.1) is 0 Å². The molecule has 0 saturated heterocycles. The number of nitrogens with one attached hydrogen (secondary N) is 1. The van der Waals surface area contributed by atoms with E-state index in [9.17, 15) is 0 Å². The van der Waals surface area contributed by atoms with Crippen molar-refractivity contribution >= 4 is 9.24 Å².